The average Bonchev–Trinajstić information content (AvgIpc) is 2.40. The Bertz CT molecular complexity index is 389. The fraction of sp³-hybridized carbons (Fsp3) is 0.462. The lowest BCUT2D eigenvalue weighted by Crippen LogP contribution is -2.08. The molecule has 5 heteroatoms. The number of hydrogen-bond acceptors (Lipinski definition) is 5. The molecule has 1 N–H and O–H groups in total. The largest absolute Gasteiger partial charge is 0.490 e. The van der Waals surface area contributed by atoms with E-state index in [0.29, 0.717) is 18.1 Å². The molecule has 0 bridgehead atoms. The molecular weight excluding hydrogens is 236 g/mol. The van der Waals surface area contributed by atoms with Crippen molar-refractivity contribution in [1.82, 2.24) is 0 Å². The molecule has 0 aliphatic heterocycles. The Balaban J connectivity index is 2.65. The highest BCUT2D eigenvalue weighted by atomic mass is 16.5. The quantitative estimate of drug-likeness (QED) is 0.747. The number of hydrogen-bond donors (Lipinski definition) is 1. The van der Waals surface area contributed by atoms with E-state index in [-0.39, 0.29) is 25.6 Å². The van der Waals surface area contributed by atoms with Crippen LogP contribution in [0.1, 0.15) is 18.9 Å². The molecule has 0 aliphatic carbocycles. The summed E-state index contributed by atoms with van der Waals surface area (Å²) >= 11 is 0. The van der Waals surface area contributed by atoms with Gasteiger partial charge in [-0.3, -0.25) is 4.79 Å². The van der Waals surface area contributed by atoms with Crippen LogP contribution in [0.15, 0.2) is 18.2 Å². The van der Waals surface area contributed by atoms with Crippen LogP contribution in [0.3, 0.4) is 0 Å². The number of esters is 1. The Kier molecular flexibility index (Phi) is 6.00. The molecular formula is C13H18O5. The molecule has 1 aromatic carbocycles. The predicted octanol–water partition coefficient (Wildman–Crippen LogP) is 1.52. The van der Waals surface area contributed by atoms with Crippen molar-refractivity contribution in [2.75, 3.05) is 20.3 Å². The molecule has 0 saturated heterocycles. The number of methoxy groups -OCH3 is 1. The lowest BCUT2D eigenvalue weighted by Gasteiger charge is -2.12. The van der Waals surface area contributed by atoms with E-state index in [1.165, 1.54) is 7.11 Å². The van der Waals surface area contributed by atoms with Crippen LogP contribution in [0, 0.1) is 0 Å². The molecule has 0 amide bonds. The van der Waals surface area contributed by atoms with Gasteiger partial charge in [-0.15, -0.1) is 0 Å². The smallest absolute Gasteiger partial charge is 0.308 e. The summed E-state index contributed by atoms with van der Waals surface area (Å²) in [7, 11) is 1.34. The first-order valence-electron chi connectivity index (χ1n) is 5.77. The molecule has 5 nitrogen and oxygen atoms in total. The van der Waals surface area contributed by atoms with Crippen LogP contribution in [-0.2, 0) is 16.1 Å². The van der Waals surface area contributed by atoms with E-state index >= 15 is 0 Å². The summed E-state index contributed by atoms with van der Waals surface area (Å²) in [6, 6.07) is 5.18. The highest BCUT2D eigenvalue weighted by Gasteiger charge is 2.07. The predicted molar refractivity (Wildman–Crippen MR) is 65.7 cm³/mol. The van der Waals surface area contributed by atoms with Gasteiger partial charge < -0.3 is 19.3 Å². The topological polar surface area (TPSA) is 65.0 Å². The third-order valence-electron chi connectivity index (χ3n) is 2.28. The summed E-state index contributed by atoms with van der Waals surface area (Å²) in [6.45, 7) is 2.54. The summed E-state index contributed by atoms with van der Waals surface area (Å²) in [5.74, 6) is 0.798. The van der Waals surface area contributed by atoms with Crippen molar-refractivity contribution in [3.05, 3.63) is 23.8 Å². The molecule has 0 atom stereocenters. The Morgan fingerprint density at radius 2 is 2.06 bits per heavy atom. The molecule has 0 aliphatic rings. The van der Waals surface area contributed by atoms with E-state index in [0.717, 1.165) is 5.56 Å². The molecule has 0 fully saturated rings. The zero-order valence-electron chi connectivity index (χ0n) is 10.6. The second-order valence-corrected chi connectivity index (χ2v) is 3.55. The first-order chi connectivity index (χ1) is 8.71. The van der Waals surface area contributed by atoms with Gasteiger partial charge in [0, 0.05) is 0 Å². The fourth-order valence-electron chi connectivity index (χ4n) is 1.38. The summed E-state index contributed by atoms with van der Waals surface area (Å²) in [4.78, 5) is 10.9. The van der Waals surface area contributed by atoms with Gasteiger partial charge in [0.25, 0.3) is 0 Å². The number of carbonyl (C=O) groups is 1. The SMILES string of the molecule is CCOc1cc(CO)ccc1OCCC(=O)OC. The number of benzene rings is 1. The van der Waals surface area contributed by atoms with Crippen molar-refractivity contribution in [1.29, 1.82) is 0 Å². The minimum Gasteiger partial charge on any atom is -0.490 e. The number of rotatable bonds is 7. The maximum Gasteiger partial charge on any atom is 0.308 e. The van der Waals surface area contributed by atoms with Gasteiger partial charge in [-0.1, -0.05) is 6.07 Å². The van der Waals surface area contributed by atoms with Crippen molar-refractivity contribution in [3.8, 4) is 11.5 Å². The van der Waals surface area contributed by atoms with Crippen LogP contribution in [0.5, 0.6) is 11.5 Å². The minimum atomic E-state index is -0.320. The van der Waals surface area contributed by atoms with E-state index in [2.05, 4.69) is 4.74 Å². The van der Waals surface area contributed by atoms with E-state index in [1.807, 2.05) is 6.92 Å². The van der Waals surface area contributed by atoms with E-state index < -0.39 is 0 Å². The molecule has 0 radical (unpaired) electrons. The van der Waals surface area contributed by atoms with E-state index in [4.69, 9.17) is 14.6 Å². The maximum atomic E-state index is 10.9. The fourth-order valence-corrected chi connectivity index (χ4v) is 1.38. The van der Waals surface area contributed by atoms with Crippen molar-refractivity contribution in [3.63, 3.8) is 0 Å². The lowest BCUT2D eigenvalue weighted by molar-refractivity contribution is -0.141. The van der Waals surface area contributed by atoms with Crippen LogP contribution >= 0.6 is 0 Å². The molecule has 100 valence electrons. The zero-order valence-corrected chi connectivity index (χ0v) is 10.6. The van der Waals surface area contributed by atoms with Crippen molar-refractivity contribution in [2.45, 2.75) is 20.0 Å². The molecule has 18 heavy (non-hydrogen) atoms. The van der Waals surface area contributed by atoms with E-state index in [1.54, 1.807) is 18.2 Å². The van der Waals surface area contributed by atoms with Gasteiger partial charge in [0.15, 0.2) is 11.5 Å². The van der Waals surface area contributed by atoms with Crippen molar-refractivity contribution >= 4 is 5.97 Å². The highest BCUT2D eigenvalue weighted by Crippen LogP contribution is 2.28. The van der Waals surface area contributed by atoms with Gasteiger partial charge >= 0.3 is 5.97 Å². The lowest BCUT2D eigenvalue weighted by atomic mass is 10.2. The summed E-state index contributed by atoms with van der Waals surface area (Å²) in [6.07, 6.45) is 0.184. The zero-order chi connectivity index (χ0) is 13.4. The molecule has 0 spiro atoms. The van der Waals surface area contributed by atoms with E-state index in [9.17, 15) is 4.79 Å². The molecule has 1 rings (SSSR count). The average molecular weight is 254 g/mol. The number of aliphatic hydroxyl groups excluding tert-OH is 1. The molecule has 0 saturated carbocycles. The Morgan fingerprint density at radius 1 is 1.28 bits per heavy atom. The summed E-state index contributed by atoms with van der Waals surface area (Å²) < 4.78 is 15.4. The van der Waals surface area contributed by atoms with Crippen LogP contribution in [-0.4, -0.2) is 31.4 Å². The molecule has 1 aromatic rings. The Hall–Kier alpha value is -1.75. The van der Waals surface area contributed by atoms with Crippen LogP contribution in [0.25, 0.3) is 0 Å². The first-order valence-corrected chi connectivity index (χ1v) is 5.77. The number of carbonyl (C=O) groups excluding carboxylic acids is 1. The van der Waals surface area contributed by atoms with Gasteiger partial charge in [0.2, 0.25) is 0 Å². The first kappa shape index (κ1) is 14.3. The van der Waals surface area contributed by atoms with Gasteiger partial charge in [-0.05, 0) is 24.6 Å². The van der Waals surface area contributed by atoms with Crippen molar-refractivity contribution < 1.29 is 24.1 Å². The normalized spacial score (nSPS) is 9.94. The van der Waals surface area contributed by atoms with Gasteiger partial charge in [-0.2, -0.15) is 0 Å². The van der Waals surface area contributed by atoms with Gasteiger partial charge in [0.05, 0.1) is 33.4 Å². The number of aliphatic hydroxyl groups is 1. The standard InChI is InChI=1S/C13H18O5/c1-3-17-12-8-10(9-14)4-5-11(12)18-7-6-13(15)16-2/h4-5,8,14H,3,6-7,9H2,1-2H3. The van der Waals surface area contributed by atoms with Crippen LogP contribution in [0.4, 0.5) is 0 Å². The molecule has 0 heterocycles. The third kappa shape index (κ3) is 4.25. The molecule has 0 aromatic heterocycles. The Morgan fingerprint density at radius 3 is 2.67 bits per heavy atom. The van der Waals surface area contributed by atoms with Crippen molar-refractivity contribution in [2.24, 2.45) is 0 Å². The van der Waals surface area contributed by atoms with Gasteiger partial charge in [-0.25, -0.2) is 0 Å². The second-order valence-electron chi connectivity index (χ2n) is 3.55. The minimum absolute atomic E-state index is 0.0531. The monoisotopic (exact) mass is 254 g/mol. The van der Waals surface area contributed by atoms with Crippen LogP contribution < -0.4 is 9.47 Å². The summed E-state index contributed by atoms with van der Waals surface area (Å²) in [5.41, 5.74) is 0.749. The second kappa shape index (κ2) is 7.55. The highest BCUT2D eigenvalue weighted by molar-refractivity contribution is 5.69. The third-order valence-corrected chi connectivity index (χ3v) is 2.28. The summed E-state index contributed by atoms with van der Waals surface area (Å²) in [5, 5.41) is 9.04. The van der Waals surface area contributed by atoms with Crippen LogP contribution in [0.2, 0.25) is 0 Å². The number of ether oxygens (including phenoxy) is 3. The van der Waals surface area contributed by atoms with Gasteiger partial charge in [0.1, 0.15) is 0 Å². The maximum absolute atomic E-state index is 10.9. The Labute approximate surface area is 106 Å². The molecule has 0 unspecified atom stereocenters.